The zero-order valence-electron chi connectivity index (χ0n) is 18.2. The van der Waals surface area contributed by atoms with Crippen molar-refractivity contribution in [3.63, 3.8) is 0 Å². The number of phenolic OH excluding ortho intramolecular Hbond substituents is 2. The van der Waals surface area contributed by atoms with Crippen LogP contribution in [-0.2, 0) is 4.74 Å². The molecule has 1 unspecified atom stereocenters. The molecular formula is C23H24O11. The number of aromatic hydroxyl groups is 2. The third-order valence-electron chi connectivity index (χ3n) is 5.83. The Hall–Kier alpha value is -3.35. The molecule has 0 radical (unpaired) electrons. The molecule has 0 bridgehead atoms. The van der Waals surface area contributed by atoms with E-state index in [1.807, 2.05) is 0 Å². The highest BCUT2D eigenvalue weighted by Gasteiger charge is 2.46. The third-order valence-corrected chi connectivity index (χ3v) is 5.83. The lowest BCUT2D eigenvalue weighted by Crippen LogP contribution is -2.55. The second-order valence-electron chi connectivity index (χ2n) is 7.83. The fourth-order valence-corrected chi connectivity index (χ4v) is 4.03. The minimum atomic E-state index is -1.75. The van der Waals surface area contributed by atoms with Crippen LogP contribution in [0.2, 0.25) is 0 Å². The molecule has 0 aliphatic carbocycles. The van der Waals surface area contributed by atoms with Gasteiger partial charge in [0.25, 0.3) is 0 Å². The molecule has 1 aromatic heterocycles. The quantitative estimate of drug-likeness (QED) is 0.300. The van der Waals surface area contributed by atoms with Crippen molar-refractivity contribution in [2.45, 2.75) is 30.5 Å². The summed E-state index contributed by atoms with van der Waals surface area (Å²) in [6, 6.07) is 6.55. The number of aliphatic hydroxyl groups is 4. The summed E-state index contributed by atoms with van der Waals surface area (Å²) in [4.78, 5) is 13.6. The molecule has 0 saturated carbocycles. The summed E-state index contributed by atoms with van der Waals surface area (Å²) in [7, 11) is 2.62. The van der Waals surface area contributed by atoms with Crippen molar-refractivity contribution < 1.29 is 49.3 Å². The van der Waals surface area contributed by atoms with Gasteiger partial charge in [-0.15, -0.1) is 0 Å². The van der Waals surface area contributed by atoms with E-state index in [-0.39, 0.29) is 50.9 Å². The fourth-order valence-electron chi connectivity index (χ4n) is 4.03. The Morgan fingerprint density at radius 3 is 2.18 bits per heavy atom. The van der Waals surface area contributed by atoms with E-state index in [4.69, 9.17) is 18.6 Å². The molecule has 34 heavy (non-hydrogen) atoms. The monoisotopic (exact) mass is 476 g/mol. The van der Waals surface area contributed by atoms with Gasteiger partial charge >= 0.3 is 0 Å². The summed E-state index contributed by atoms with van der Waals surface area (Å²) in [5, 5.41) is 61.0. The van der Waals surface area contributed by atoms with Gasteiger partial charge < -0.3 is 49.3 Å². The van der Waals surface area contributed by atoms with Crippen LogP contribution in [0.3, 0.4) is 0 Å². The van der Waals surface area contributed by atoms with Crippen LogP contribution in [0.4, 0.5) is 0 Å². The molecule has 11 heteroatoms. The van der Waals surface area contributed by atoms with E-state index in [1.165, 1.54) is 44.6 Å². The molecule has 1 aliphatic heterocycles. The number of fused-ring (bicyclic) bond motifs is 1. The average Bonchev–Trinajstić information content (AvgIpc) is 2.83. The molecule has 0 amide bonds. The van der Waals surface area contributed by atoms with Gasteiger partial charge in [0.2, 0.25) is 5.75 Å². The first-order valence-corrected chi connectivity index (χ1v) is 10.3. The maximum Gasteiger partial charge on any atom is 0.200 e. The van der Waals surface area contributed by atoms with Gasteiger partial charge in [-0.3, -0.25) is 4.79 Å². The average molecular weight is 476 g/mol. The van der Waals surface area contributed by atoms with Crippen molar-refractivity contribution in [1.29, 1.82) is 0 Å². The van der Waals surface area contributed by atoms with Crippen LogP contribution < -0.4 is 14.9 Å². The Bertz CT molecular complexity index is 1240. The van der Waals surface area contributed by atoms with Gasteiger partial charge in [-0.25, -0.2) is 0 Å². The van der Waals surface area contributed by atoms with Crippen LogP contribution in [0.5, 0.6) is 23.0 Å². The van der Waals surface area contributed by atoms with Gasteiger partial charge in [0.05, 0.1) is 31.8 Å². The van der Waals surface area contributed by atoms with Gasteiger partial charge in [-0.05, 0) is 24.3 Å². The highest BCUT2D eigenvalue weighted by atomic mass is 16.5. The Balaban J connectivity index is 2.04. The second kappa shape index (κ2) is 9.12. The van der Waals surface area contributed by atoms with Gasteiger partial charge in [0.15, 0.2) is 16.9 Å². The number of ether oxygens (including phenoxy) is 3. The van der Waals surface area contributed by atoms with Gasteiger partial charge in [-0.2, -0.15) is 0 Å². The molecular weight excluding hydrogens is 452 g/mol. The van der Waals surface area contributed by atoms with Gasteiger partial charge in [0.1, 0.15) is 47.6 Å². The van der Waals surface area contributed by atoms with Crippen LogP contribution in [-0.4, -0.2) is 75.9 Å². The van der Waals surface area contributed by atoms with Crippen molar-refractivity contribution in [2.24, 2.45) is 0 Å². The van der Waals surface area contributed by atoms with Crippen LogP contribution in [0, 0.1) is 0 Å². The molecule has 1 aliphatic rings. The van der Waals surface area contributed by atoms with Crippen molar-refractivity contribution in [2.75, 3.05) is 20.8 Å². The van der Waals surface area contributed by atoms with E-state index in [0.717, 1.165) is 0 Å². The SMILES string of the molecule is COc1cc(-c2oc3cc(O)ccc3c(=O)c2C2O[C@H](CO)[C@@H](O)[C@H](O)[C@H]2O)cc(OC)c1O. The predicted octanol–water partition coefficient (Wildman–Crippen LogP) is 0.403. The highest BCUT2D eigenvalue weighted by Crippen LogP contribution is 2.43. The number of hydrogen-bond acceptors (Lipinski definition) is 11. The van der Waals surface area contributed by atoms with E-state index in [1.54, 1.807) is 0 Å². The first-order chi connectivity index (χ1) is 16.2. The van der Waals surface area contributed by atoms with Crippen LogP contribution >= 0.6 is 0 Å². The minimum Gasteiger partial charge on any atom is -0.508 e. The normalized spacial score (nSPS) is 24.8. The third kappa shape index (κ3) is 3.83. The van der Waals surface area contributed by atoms with Crippen LogP contribution in [0.15, 0.2) is 39.5 Å². The summed E-state index contributed by atoms with van der Waals surface area (Å²) in [5.41, 5.74) is -0.670. The Morgan fingerprint density at radius 1 is 0.941 bits per heavy atom. The van der Waals surface area contributed by atoms with Crippen molar-refractivity contribution in [3.8, 4) is 34.3 Å². The van der Waals surface area contributed by atoms with Crippen LogP contribution in [0.25, 0.3) is 22.3 Å². The first-order valence-electron chi connectivity index (χ1n) is 10.3. The largest absolute Gasteiger partial charge is 0.508 e. The number of benzene rings is 2. The molecule has 2 heterocycles. The molecule has 4 rings (SSSR count). The molecule has 11 nitrogen and oxygen atoms in total. The first kappa shape index (κ1) is 23.8. The zero-order valence-corrected chi connectivity index (χ0v) is 18.2. The highest BCUT2D eigenvalue weighted by molar-refractivity contribution is 5.82. The minimum absolute atomic E-state index is 0.00671. The van der Waals surface area contributed by atoms with Gasteiger partial charge in [-0.1, -0.05) is 0 Å². The number of methoxy groups -OCH3 is 2. The molecule has 6 N–H and O–H groups in total. The summed E-state index contributed by atoms with van der Waals surface area (Å²) in [6.45, 7) is -0.690. The van der Waals surface area contributed by atoms with Crippen molar-refractivity contribution >= 4 is 11.0 Å². The number of phenols is 2. The second-order valence-corrected chi connectivity index (χ2v) is 7.83. The Kier molecular flexibility index (Phi) is 6.39. The topological polar surface area (TPSA) is 179 Å². The van der Waals surface area contributed by atoms with E-state index in [0.29, 0.717) is 0 Å². The molecule has 0 spiro atoms. The maximum atomic E-state index is 13.6. The van der Waals surface area contributed by atoms with Crippen molar-refractivity contribution in [1.82, 2.24) is 0 Å². The maximum absolute atomic E-state index is 13.6. The standard InChI is InChI=1S/C23H24O11/c1-31-13-5-9(6-14(32-2)18(13)27)22-16(17(26)11-4-3-10(25)7-12(11)33-22)23-21(30)20(29)19(28)15(8-24)34-23/h3-7,15,19-21,23-25,27-30H,8H2,1-2H3/t15-,19-,20+,21-,23?/m1/s1. The van der Waals surface area contributed by atoms with Crippen LogP contribution in [0.1, 0.15) is 11.7 Å². The molecule has 1 saturated heterocycles. The number of aliphatic hydroxyl groups excluding tert-OH is 4. The van der Waals surface area contributed by atoms with E-state index in [2.05, 4.69) is 0 Å². The van der Waals surface area contributed by atoms with Gasteiger partial charge in [0, 0.05) is 11.6 Å². The summed E-state index contributed by atoms with van der Waals surface area (Å²) < 4.78 is 22.0. The number of hydrogen-bond donors (Lipinski definition) is 6. The smallest absolute Gasteiger partial charge is 0.200 e. The summed E-state index contributed by atoms with van der Waals surface area (Å²) in [5.74, 6) is -0.614. The number of rotatable bonds is 5. The lowest BCUT2D eigenvalue weighted by molar-refractivity contribution is -0.232. The predicted molar refractivity (Wildman–Crippen MR) is 117 cm³/mol. The van der Waals surface area contributed by atoms with E-state index in [9.17, 15) is 35.4 Å². The lowest BCUT2D eigenvalue weighted by Gasteiger charge is -2.40. The Morgan fingerprint density at radius 2 is 1.59 bits per heavy atom. The van der Waals surface area contributed by atoms with Crippen molar-refractivity contribution in [3.05, 3.63) is 46.1 Å². The zero-order chi connectivity index (χ0) is 24.7. The molecule has 182 valence electrons. The molecule has 5 atom stereocenters. The summed E-state index contributed by atoms with van der Waals surface area (Å²) >= 11 is 0. The van der Waals surface area contributed by atoms with E-state index >= 15 is 0 Å². The molecule has 3 aromatic rings. The fraction of sp³-hybridized carbons (Fsp3) is 0.348. The molecule has 1 fully saturated rings. The lowest BCUT2D eigenvalue weighted by atomic mass is 9.89. The summed E-state index contributed by atoms with van der Waals surface area (Å²) in [6.07, 6.45) is -7.89. The molecule has 2 aromatic carbocycles. The Labute approximate surface area is 192 Å². The van der Waals surface area contributed by atoms with E-state index < -0.39 is 42.6 Å².